The average Bonchev–Trinajstić information content (AvgIpc) is 2.63. The van der Waals surface area contributed by atoms with Gasteiger partial charge in [-0.1, -0.05) is 0 Å². The van der Waals surface area contributed by atoms with E-state index in [1.54, 1.807) is 0 Å². The molecule has 7 nitrogen and oxygen atoms in total. The lowest BCUT2D eigenvalue weighted by atomic mass is 10.5. The Balaban J connectivity index is 2.20. The van der Waals surface area contributed by atoms with E-state index in [1.165, 1.54) is 17.0 Å². The van der Waals surface area contributed by atoms with Crippen LogP contribution >= 0.6 is 0 Å². The van der Waals surface area contributed by atoms with Gasteiger partial charge in [-0.25, -0.2) is 9.97 Å². The molecule has 2 N–H and O–H groups in total. The quantitative estimate of drug-likeness (QED) is 0.651. The summed E-state index contributed by atoms with van der Waals surface area (Å²) in [6, 6.07) is 0. The molecular formula is C8H10N4O3. The van der Waals surface area contributed by atoms with E-state index >= 15 is 0 Å². The molecule has 15 heavy (non-hydrogen) atoms. The number of nitrogens with zero attached hydrogens (tertiary/aromatic N) is 4. The summed E-state index contributed by atoms with van der Waals surface area (Å²) in [5.74, 6) is 0.408. The molecule has 0 amide bonds. The molecule has 2 rings (SSSR count). The molecule has 0 saturated carbocycles. The van der Waals surface area contributed by atoms with Gasteiger partial charge >= 0.3 is 0 Å². The molecule has 80 valence electrons. The summed E-state index contributed by atoms with van der Waals surface area (Å²) in [6.45, 7) is 0.391. The smallest absolute Gasteiger partial charge is 0.201 e. The number of hydrogen-bond acceptors (Lipinski definition) is 6. The van der Waals surface area contributed by atoms with E-state index in [1.807, 2.05) is 0 Å². The Morgan fingerprint density at radius 3 is 3.07 bits per heavy atom. The van der Waals surface area contributed by atoms with E-state index in [9.17, 15) is 5.11 Å². The first-order valence-corrected chi connectivity index (χ1v) is 4.38. The molecule has 2 aromatic rings. The number of fused-ring (bicyclic) bond motifs is 1. The Bertz CT molecular complexity index is 456. The Morgan fingerprint density at radius 1 is 1.47 bits per heavy atom. The molecule has 7 heteroatoms. The maximum atomic E-state index is 9.39. The van der Waals surface area contributed by atoms with Gasteiger partial charge in [-0.2, -0.15) is 4.52 Å². The predicted octanol–water partition coefficient (Wildman–Crippen LogP) is -0.661. The van der Waals surface area contributed by atoms with Crippen LogP contribution < -0.4 is 0 Å². The molecule has 2 aromatic heterocycles. The third kappa shape index (κ3) is 2.03. The average molecular weight is 210 g/mol. The largest absolute Gasteiger partial charge is 0.503 e. The van der Waals surface area contributed by atoms with Gasteiger partial charge in [-0.05, 0) is 0 Å². The minimum absolute atomic E-state index is 0.0293. The number of hydrogen-bond donors (Lipinski definition) is 2. The highest BCUT2D eigenvalue weighted by molar-refractivity contribution is 5.49. The van der Waals surface area contributed by atoms with Crippen LogP contribution in [0.5, 0.6) is 5.75 Å². The second-order valence-electron chi connectivity index (χ2n) is 2.85. The Kier molecular flexibility index (Phi) is 2.75. The minimum Gasteiger partial charge on any atom is -0.503 e. The first-order chi connectivity index (χ1) is 7.31. The summed E-state index contributed by atoms with van der Waals surface area (Å²) in [4.78, 5) is 7.79. The molecule has 0 aliphatic rings. The predicted molar refractivity (Wildman–Crippen MR) is 49.2 cm³/mol. The highest BCUT2D eigenvalue weighted by Crippen LogP contribution is 2.13. The summed E-state index contributed by atoms with van der Waals surface area (Å²) in [5, 5.41) is 21.9. The molecule has 0 fully saturated rings. The highest BCUT2D eigenvalue weighted by Gasteiger charge is 2.07. The number of aromatic nitrogens is 4. The number of ether oxygens (including phenoxy) is 1. The van der Waals surface area contributed by atoms with Crippen molar-refractivity contribution >= 4 is 5.65 Å². The number of aliphatic hydroxyl groups excluding tert-OH is 1. The molecule has 0 aliphatic carbocycles. The zero-order valence-electron chi connectivity index (χ0n) is 7.87. The lowest BCUT2D eigenvalue weighted by Gasteiger charge is -1.95. The molecule has 0 aliphatic heterocycles. The summed E-state index contributed by atoms with van der Waals surface area (Å²) in [5.41, 5.74) is 0.340. The number of aliphatic hydroxyl groups is 1. The van der Waals surface area contributed by atoms with E-state index in [4.69, 9.17) is 9.84 Å². The second kappa shape index (κ2) is 4.20. The van der Waals surface area contributed by atoms with Gasteiger partial charge < -0.3 is 14.9 Å². The Morgan fingerprint density at radius 2 is 2.33 bits per heavy atom. The fraction of sp³-hybridized carbons (Fsp3) is 0.375. The van der Waals surface area contributed by atoms with Crippen LogP contribution in [-0.4, -0.2) is 43.0 Å². The van der Waals surface area contributed by atoms with Crippen LogP contribution in [0.2, 0.25) is 0 Å². The zero-order chi connectivity index (χ0) is 10.7. The van der Waals surface area contributed by atoms with Crippen LogP contribution in [0, 0.1) is 0 Å². The summed E-state index contributed by atoms with van der Waals surface area (Å²) in [7, 11) is 0. The molecule has 0 saturated heterocycles. The monoisotopic (exact) mass is 210 g/mol. The fourth-order valence-corrected chi connectivity index (χ4v) is 1.14. The van der Waals surface area contributed by atoms with E-state index in [0.717, 1.165) is 0 Å². The lowest BCUT2D eigenvalue weighted by molar-refractivity contribution is 0.0778. The van der Waals surface area contributed by atoms with Crippen LogP contribution in [-0.2, 0) is 11.3 Å². The van der Waals surface area contributed by atoms with Gasteiger partial charge in [0, 0.05) is 0 Å². The van der Waals surface area contributed by atoms with Crippen molar-refractivity contribution in [1.29, 1.82) is 0 Å². The minimum atomic E-state index is -0.0415. The van der Waals surface area contributed by atoms with Crippen LogP contribution in [0.4, 0.5) is 0 Å². The van der Waals surface area contributed by atoms with Gasteiger partial charge in [-0.3, -0.25) is 0 Å². The van der Waals surface area contributed by atoms with Gasteiger partial charge in [0.2, 0.25) is 5.65 Å². The van der Waals surface area contributed by atoms with Gasteiger partial charge in [-0.15, -0.1) is 5.10 Å². The number of rotatable bonds is 4. The molecule has 0 spiro atoms. The van der Waals surface area contributed by atoms with Crippen molar-refractivity contribution in [1.82, 2.24) is 19.6 Å². The maximum Gasteiger partial charge on any atom is 0.201 e. The van der Waals surface area contributed by atoms with Gasteiger partial charge in [0.25, 0.3) is 0 Å². The van der Waals surface area contributed by atoms with Crippen molar-refractivity contribution in [3.63, 3.8) is 0 Å². The van der Waals surface area contributed by atoms with Gasteiger partial charge in [0.1, 0.15) is 12.9 Å². The first-order valence-electron chi connectivity index (χ1n) is 4.38. The van der Waals surface area contributed by atoms with Crippen molar-refractivity contribution in [3.05, 3.63) is 18.3 Å². The highest BCUT2D eigenvalue weighted by atomic mass is 16.5. The lowest BCUT2D eigenvalue weighted by Crippen LogP contribution is -2.00. The molecule has 0 radical (unpaired) electrons. The molecule has 0 aromatic carbocycles. The normalized spacial score (nSPS) is 11.0. The number of aromatic hydroxyl groups is 1. The van der Waals surface area contributed by atoms with Crippen molar-refractivity contribution in [2.45, 2.75) is 6.61 Å². The van der Waals surface area contributed by atoms with E-state index < -0.39 is 0 Å². The fourth-order valence-electron chi connectivity index (χ4n) is 1.14. The summed E-state index contributed by atoms with van der Waals surface area (Å²) >= 11 is 0. The van der Waals surface area contributed by atoms with Gasteiger partial charge in [0.15, 0.2) is 11.6 Å². The topological polar surface area (TPSA) is 92.8 Å². The van der Waals surface area contributed by atoms with E-state index in [0.29, 0.717) is 11.5 Å². The molecular weight excluding hydrogens is 200 g/mol. The zero-order valence-corrected chi connectivity index (χ0v) is 7.87. The molecule has 0 bridgehead atoms. The van der Waals surface area contributed by atoms with E-state index in [-0.39, 0.29) is 25.6 Å². The third-order valence-corrected chi connectivity index (χ3v) is 1.74. The molecule has 2 heterocycles. The molecule has 0 atom stereocenters. The summed E-state index contributed by atoms with van der Waals surface area (Å²) in [6.07, 6.45) is 2.74. The van der Waals surface area contributed by atoms with Crippen molar-refractivity contribution in [3.8, 4) is 5.75 Å². The third-order valence-electron chi connectivity index (χ3n) is 1.74. The SMILES string of the molecule is OCCOCc1nc2c(O)cncn2n1. The van der Waals surface area contributed by atoms with Crippen molar-refractivity contribution < 1.29 is 14.9 Å². The van der Waals surface area contributed by atoms with Gasteiger partial charge in [0.05, 0.1) is 19.4 Å². The van der Waals surface area contributed by atoms with Crippen LogP contribution in [0.1, 0.15) is 5.82 Å². The Labute approximate surface area is 85.0 Å². The summed E-state index contributed by atoms with van der Waals surface area (Å²) < 4.78 is 6.42. The van der Waals surface area contributed by atoms with Crippen LogP contribution in [0.15, 0.2) is 12.5 Å². The second-order valence-corrected chi connectivity index (χ2v) is 2.85. The van der Waals surface area contributed by atoms with Crippen molar-refractivity contribution in [2.75, 3.05) is 13.2 Å². The standard InChI is InChI=1S/C8H10N4O3/c13-1-2-15-4-7-10-8-6(14)3-9-5-12(8)11-7/h3,5,13-14H,1-2,4H2. The first kappa shape index (κ1) is 9.81. The Hall–Kier alpha value is -1.73. The maximum absolute atomic E-state index is 9.39. The molecule has 0 unspecified atom stereocenters. The van der Waals surface area contributed by atoms with Crippen LogP contribution in [0.3, 0.4) is 0 Å². The van der Waals surface area contributed by atoms with Crippen molar-refractivity contribution in [2.24, 2.45) is 0 Å². The van der Waals surface area contributed by atoms with Crippen LogP contribution in [0.25, 0.3) is 5.65 Å². The van der Waals surface area contributed by atoms with E-state index in [2.05, 4.69) is 15.1 Å².